The van der Waals surface area contributed by atoms with E-state index in [9.17, 15) is 0 Å². The van der Waals surface area contributed by atoms with E-state index in [1.165, 1.54) is 64.8 Å². The Labute approximate surface area is 193 Å². The summed E-state index contributed by atoms with van der Waals surface area (Å²) < 4.78 is 0. The molecule has 2 atom stereocenters. The summed E-state index contributed by atoms with van der Waals surface area (Å²) in [5.41, 5.74) is 0. The van der Waals surface area contributed by atoms with Gasteiger partial charge in [-0.05, 0) is 96.4 Å². The van der Waals surface area contributed by atoms with Crippen molar-refractivity contribution in [3.05, 3.63) is 0 Å². The largest absolute Gasteiger partial charge is 0.316 e. The molecule has 0 aromatic carbocycles. The van der Waals surface area contributed by atoms with E-state index in [1.54, 1.807) is 0 Å². The second-order valence-corrected chi connectivity index (χ2v) is 8.78. The van der Waals surface area contributed by atoms with Gasteiger partial charge in [0.05, 0.1) is 0 Å². The van der Waals surface area contributed by atoms with Crippen LogP contribution >= 0.6 is 0 Å². The highest BCUT2D eigenvalue weighted by Crippen LogP contribution is 2.16. The number of hydrogen-bond acceptors (Lipinski definition) is 3. The van der Waals surface area contributed by atoms with Crippen molar-refractivity contribution < 1.29 is 0 Å². The summed E-state index contributed by atoms with van der Waals surface area (Å²) in [5, 5.41) is 6.81. The van der Waals surface area contributed by atoms with E-state index in [2.05, 4.69) is 57.1 Å². The van der Waals surface area contributed by atoms with Crippen molar-refractivity contribution in [3.63, 3.8) is 0 Å². The van der Waals surface area contributed by atoms with Gasteiger partial charge in [0.2, 0.25) is 0 Å². The predicted molar refractivity (Wildman–Crippen MR) is 142 cm³/mol. The third-order valence-corrected chi connectivity index (χ3v) is 5.82. The minimum Gasteiger partial charge on any atom is -0.316 e. The van der Waals surface area contributed by atoms with Crippen LogP contribution in [0.4, 0.5) is 0 Å². The molecule has 2 unspecified atom stereocenters. The first-order valence-corrected chi connectivity index (χ1v) is 13.6. The van der Waals surface area contributed by atoms with Crippen molar-refractivity contribution in [1.29, 1.82) is 0 Å². The molecule has 3 fully saturated rings. The Morgan fingerprint density at radius 2 is 1.20 bits per heavy atom. The number of likely N-dealkylation sites (tertiary alicyclic amines) is 1. The molecule has 0 aromatic rings. The Balaban J connectivity index is -0.000000323. The van der Waals surface area contributed by atoms with Gasteiger partial charge >= 0.3 is 0 Å². The summed E-state index contributed by atoms with van der Waals surface area (Å²) in [4.78, 5) is 2.53. The molecule has 3 heterocycles. The molecule has 2 N–H and O–H groups in total. The van der Waals surface area contributed by atoms with Crippen molar-refractivity contribution >= 4 is 0 Å². The molecule has 3 heteroatoms. The highest BCUT2D eigenvalue weighted by molar-refractivity contribution is 4.76. The molecule has 3 aliphatic heterocycles. The maximum absolute atomic E-state index is 3.46. The van der Waals surface area contributed by atoms with Crippen LogP contribution in [0.3, 0.4) is 0 Å². The average Bonchev–Trinajstić information content (AvgIpc) is 3.56. The highest BCUT2D eigenvalue weighted by Gasteiger charge is 2.17. The SMILES string of the molecule is CC.CC.CC.CC(C)C1CCCN1.CC(C)C1CCNC1.CC(C)N1CCCC1. The predicted octanol–water partition coefficient (Wildman–Crippen LogP) is 7.22. The topological polar surface area (TPSA) is 27.3 Å². The molecule has 0 saturated carbocycles. The Morgan fingerprint density at radius 3 is 1.40 bits per heavy atom. The zero-order valence-electron chi connectivity index (χ0n) is 23.4. The van der Waals surface area contributed by atoms with Crippen molar-refractivity contribution in [2.24, 2.45) is 17.8 Å². The number of hydrogen-bond donors (Lipinski definition) is 2. The van der Waals surface area contributed by atoms with Gasteiger partial charge in [0.15, 0.2) is 0 Å². The molecular formula is C27H63N3. The maximum Gasteiger partial charge on any atom is 0.00905 e. The van der Waals surface area contributed by atoms with Crippen LogP contribution in [-0.4, -0.2) is 49.7 Å². The van der Waals surface area contributed by atoms with Gasteiger partial charge in [0, 0.05) is 12.1 Å². The highest BCUT2D eigenvalue weighted by atomic mass is 15.2. The van der Waals surface area contributed by atoms with Crippen LogP contribution in [-0.2, 0) is 0 Å². The molecule has 3 nitrogen and oxygen atoms in total. The van der Waals surface area contributed by atoms with Crippen LogP contribution in [0.15, 0.2) is 0 Å². The Morgan fingerprint density at radius 1 is 0.667 bits per heavy atom. The zero-order chi connectivity index (χ0) is 23.9. The molecular weight excluding hydrogens is 366 g/mol. The fourth-order valence-corrected chi connectivity index (χ4v) is 3.78. The number of rotatable bonds is 3. The lowest BCUT2D eigenvalue weighted by Gasteiger charge is -2.18. The van der Waals surface area contributed by atoms with Crippen LogP contribution in [0.5, 0.6) is 0 Å². The molecule has 186 valence electrons. The molecule has 3 aliphatic rings. The monoisotopic (exact) mass is 430 g/mol. The summed E-state index contributed by atoms with van der Waals surface area (Å²) >= 11 is 0. The lowest BCUT2D eigenvalue weighted by atomic mass is 9.96. The quantitative estimate of drug-likeness (QED) is 0.496. The standard InChI is InChI=1S/3C7H15N.3C2H6/c1-6(2)7-3-4-8-5-7;1-7(2)8-5-3-4-6-8;1-6(2)7-4-3-5-8-7;3*1-2/h6-8H,3-5H2,1-2H3;7H,3-6H2,1-2H3;6-8H,3-5H2,1-2H3;3*1-2H3. The minimum atomic E-state index is 0.775. The minimum absolute atomic E-state index is 0.775. The van der Waals surface area contributed by atoms with E-state index >= 15 is 0 Å². The van der Waals surface area contributed by atoms with Gasteiger partial charge in [0.1, 0.15) is 0 Å². The van der Waals surface area contributed by atoms with Crippen LogP contribution in [0.2, 0.25) is 0 Å². The Bertz CT molecular complexity index is 237. The molecule has 0 bridgehead atoms. The van der Waals surface area contributed by atoms with Crippen molar-refractivity contribution in [3.8, 4) is 0 Å². The van der Waals surface area contributed by atoms with Crippen molar-refractivity contribution in [2.45, 2.75) is 127 Å². The second-order valence-electron chi connectivity index (χ2n) is 8.78. The summed E-state index contributed by atoms with van der Waals surface area (Å²) in [6.07, 6.45) is 6.98. The number of nitrogens with zero attached hydrogens (tertiary/aromatic N) is 1. The molecule has 0 spiro atoms. The molecule has 0 aliphatic carbocycles. The average molecular weight is 430 g/mol. The van der Waals surface area contributed by atoms with Crippen LogP contribution in [0.1, 0.15) is 115 Å². The second kappa shape index (κ2) is 25.1. The summed E-state index contributed by atoms with van der Waals surface area (Å²) in [7, 11) is 0. The van der Waals surface area contributed by atoms with Crippen molar-refractivity contribution in [2.75, 3.05) is 32.7 Å². The molecule has 0 aromatic heterocycles. The third-order valence-electron chi connectivity index (χ3n) is 5.82. The zero-order valence-corrected chi connectivity index (χ0v) is 23.4. The van der Waals surface area contributed by atoms with Gasteiger partial charge in [0.25, 0.3) is 0 Å². The van der Waals surface area contributed by atoms with Gasteiger partial charge in [-0.15, -0.1) is 0 Å². The Kier molecular flexibility index (Phi) is 28.9. The molecule has 0 amide bonds. The number of nitrogens with one attached hydrogen (secondary N) is 2. The summed E-state index contributed by atoms with van der Waals surface area (Å²) in [6.45, 7) is 32.1. The van der Waals surface area contributed by atoms with E-state index < -0.39 is 0 Å². The van der Waals surface area contributed by atoms with E-state index in [-0.39, 0.29) is 0 Å². The van der Waals surface area contributed by atoms with E-state index in [0.29, 0.717) is 0 Å². The lowest BCUT2D eigenvalue weighted by Crippen LogP contribution is -2.26. The van der Waals surface area contributed by atoms with Gasteiger partial charge < -0.3 is 15.5 Å². The molecule has 3 saturated heterocycles. The van der Waals surface area contributed by atoms with E-state index in [0.717, 1.165) is 29.8 Å². The van der Waals surface area contributed by atoms with Gasteiger partial charge in [-0.3, -0.25) is 0 Å². The molecule has 3 rings (SSSR count). The molecule has 30 heavy (non-hydrogen) atoms. The maximum atomic E-state index is 3.46. The first-order valence-electron chi connectivity index (χ1n) is 13.6. The Hall–Kier alpha value is -0.120. The van der Waals surface area contributed by atoms with Gasteiger partial charge in [-0.25, -0.2) is 0 Å². The summed E-state index contributed by atoms with van der Waals surface area (Å²) in [5.74, 6) is 2.66. The van der Waals surface area contributed by atoms with Crippen molar-refractivity contribution in [1.82, 2.24) is 15.5 Å². The normalized spacial score (nSPS) is 22.5. The first kappa shape index (κ1) is 34.5. The fourth-order valence-electron chi connectivity index (χ4n) is 3.78. The smallest absolute Gasteiger partial charge is 0.00905 e. The van der Waals surface area contributed by atoms with Crippen LogP contribution in [0.25, 0.3) is 0 Å². The van der Waals surface area contributed by atoms with E-state index in [4.69, 9.17) is 0 Å². The van der Waals surface area contributed by atoms with Gasteiger partial charge in [-0.2, -0.15) is 0 Å². The van der Waals surface area contributed by atoms with E-state index in [1.807, 2.05) is 41.5 Å². The fraction of sp³-hybridized carbons (Fsp3) is 1.00. The first-order chi connectivity index (χ1) is 14.4. The van der Waals surface area contributed by atoms with Gasteiger partial charge in [-0.1, -0.05) is 69.2 Å². The molecule has 0 radical (unpaired) electrons. The van der Waals surface area contributed by atoms with Crippen LogP contribution in [0, 0.1) is 17.8 Å². The van der Waals surface area contributed by atoms with Crippen LogP contribution < -0.4 is 10.6 Å². The lowest BCUT2D eigenvalue weighted by molar-refractivity contribution is 0.276. The third kappa shape index (κ3) is 18.6. The summed E-state index contributed by atoms with van der Waals surface area (Å²) in [6, 6.07) is 1.59.